The SMILES string of the molecule is N[C@@H](Cc1cnc[nH]1)C(=O)NCCCCCC(=O)N1Cc2ccc(NC(=O)c3ccc(CN(C(=O)c4ccc5c(c4)OCC(=O)N5)C4CC4)cc3)cc2C1. The van der Waals surface area contributed by atoms with E-state index in [0.717, 1.165) is 54.5 Å². The Labute approximate surface area is 312 Å². The second-order valence-corrected chi connectivity index (χ2v) is 14.1. The summed E-state index contributed by atoms with van der Waals surface area (Å²) >= 11 is 0. The Morgan fingerprint density at radius 2 is 1.76 bits per heavy atom. The number of carbonyl (C=O) groups is 5. The number of carbonyl (C=O) groups excluding carboxylic acids is 5. The van der Waals surface area contributed by atoms with E-state index < -0.39 is 6.04 Å². The highest BCUT2D eigenvalue weighted by molar-refractivity contribution is 6.04. The highest BCUT2D eigenvalue weighted by atomic mass is 16.5. The molecule has 0 unspecified atom stereocenters. The summed E-state index contributed by atoms with van der Waals surface area (Å²) in [4.78, 5) is 74.1. The summed E-state index contributed by atoms with van der Waals surface area (Å²) in [6, 6.07) is 17.6. The number of unbranched alkanes of at least 4 members (excludes halogenated alkanes) is 2. The summed E-state index contributed by atoms with van der Waals surface area (Å²) in [5.41, 5.74) is 11.9. The number of aromatic nitrogens is 2. The number of nitrogens with zero attached hydrogens (tertiary/aromatic N) is 3. The number of H-pyrrole nitrogens is 1. The number of hydrogen-bond acceptors (Lipinski definition) is 8. The fourth-order valence-corrected chi connectivity index (χ4v) is 6.74. The van der Waals surface area contributed by atoms with Crippen molar-refractivity contribution >= 4 is 40.9 Å². The van der Waals surface area contributed by atoms with Crippen LogP contribution in [0.2, 0.25) is 0 Å². The molecule has 3 heterocycles. The van der Waals surface area contributed by atoms with Crippen LogP contribution in [0.1, 0.15) is 81.6 Å². The highest BCUT2D eigenvalue weighted by Gasteiger charge is 2.34. The maximum Gasteiger partial charge on any atom is 0.262 e. The lowest BCUT2D eigenvalue weighted by molar-refractivity contribution is -0.132. The number of aromatic amines is 1. The molecule has 1 saturated carbocycles. The molecule has 6 N–H and O–H groups in total. The van der Waals surface area contributed by atoms with Gasteiger partial charge in [-0.1, -0.05) is 24.6 Å². The third-order valence-electron chi connectivity index (χ3n) is 9.92. The first kappa shape index (κ1) is 36.3. The van der Waals surface area contributed by atoms with Crippen LogP contribution in [0.15, 0.2) is 73.2 Å². The van der Waals surface area contributed by atoms with Gasteiger partial charge < -0.3 is 41.2 Å². The molecule has 14 heteroatoms. The molecule has 280 valence electrons. The fourth-order valence-electron chi connectivity index (χ4n) is 6.74. The van der Waals surface area contributed by atoms with Crippen LogP contribution in [-0.2, 0) is 40.4 Å². The first-order valence-electron chi connectivity index (χ1n) is 18.4. The van der Waals surface area contributed by atoms with Gasteiger partial charge in [-0.15, -0.1) is 0 Å². The molecule has 0 radical (unpaired) electrons. The van der Waals surface area contributed by atoms with Crippen molar-refractivity contribution in [2.75, 3.05) is 23.8 Å². The summed E-state index contributed by atoms with van der Waals surface area (Å²) in [6.45, 7) is 1.85. The lowest BCUT2D eigenvalue weighted by atomic mass is 10.1. The third kappa shape index (κ3) is 8.94. The van der Waals surface area contributed by atoms with E-state index in [-0.39, 0.29) is 42.2 Å². The minimum atomic E-state index is -0.643. The molecule has 3 aromatic carbocycles. The molecular weight excluding hydrogens is 688 g/mol. The van der Waals surface area contributed by atoms with Gasteiger partial charge in [0.2, 0.25) is 11.8 Å². The van der Waals surface area contributed by atoms with Crippen molar-refractivity contribution in [3.63, 3.8) is 0 Å². The number of hydrogen-bond donors (Lipinski definition) is 5. The van der Waals surface area contributed by atoms with Crippen LogP contribution in [0.4, 0.5) is 11.4 Å². The van der Waals surface area contributed by atoms with Crippen molar-refractivity contribution in [3.8, 4) is 5.75 Å². The Kier molecular flexibility index (Phi) is 11.0. The van der Waals surface area contributed by atoms with Gasteiger partial charge in [-0.25, -0.2) is 4.98 Å². The minimum Gasteiger partial charge on any atom is -0.482 e. The molecule has 54 heavy (non-hydrogen) atoms. The van der Waals surface area contributed by atoms with Crippen molar-refractivity contribution < 1.29 is 28.7 Å². The molecule has 1 fully saturated rings. The zero-order chi connectivity index (χ0) is 37.6. The number of imidazole rings is 1. The highest BCUT2D eigenvalue weighted by Crippen LogP contribution is 2.33. The largest absolute Gasteiger partial charge is 0.482 e. The maximum atomic E-state index is 13.5. The topological polar surface area (TPSA) is 192 Å². The molecule has 0 bridgehead atoms. The number of amides is 5. The van der Waals surface area contributed by atoms with E-state index in [0.29, 0.717) is 67.3 Å². The third-order valence-corrected chi connectivity index (χ3v) is 9.92. The molecule has 1 atom stereocenters. The van der Waals surface area contributed by atoms with Gasteiger partial charge in [0.25, 0.3) is 17.7 Å². The van der Waals surface area contributed by atoms with E-state index in [1.807, 2.05) is 40.1 Å². The van der Waals surface area contributed by atoms with Crippen LogP contribution in [0.3, 0.4) is 0 Å². The molecule has 3 aliphatic rings. The van der Waals surface area contributed by atoms with Gasteiger partial charge in [0.1, 0.15) is 5.75 Å². The summed E-state index contributed by atoms with van der Waals surface area (Å²) in [5.74, 6) is -0.232. The van der Waals surface area contributed by atoms with Gasteiger partial charge in [0.15, 0.2) is 6.61 Å². The van der Waals surface area contributed by atoms with E-state index in [2.05, 4.69) is 25.9 Å². The summed E-state index contributed by atoms with van der Waals surface area (Å²) < 4.78 is 5.51. The van der Waals surface area contributed by atoms with Crippen LogP contribution < -0.4 is 26.4 Å². The Morgan fingerprint density at radius 1 is 0.963 bits per heavy atom. The average Bonchev–Trinajstić information content (AvgIpc) is 3.71. The zero-order valence-electron chi connectivity index (χ0n) is 29.9. The van der Waals surface area contributed by atoms with Crippen molar-refractivity contribution in [1.29, 1.82) is 0 Å². The minimum absolute atomic E-state index is 0.0798. The summed E-state index contributed by atoms with van der Waals surface area (Å²) in [7, 11) is 0. The smallest absolute Gasteiger partial charge is 0.262 e. The molecular formula is C40H44N8O6. The second kappa shape index (κ2) is 16.3. The number of anilines is 2. The van der Waals surface area contributed by atoms with Crippen molar-refractivity contribution in [2.24, 2.45) is 5.73 Å². The quantitative estimate of drug-likeness (QED) is 0.114. The van der Waals surface area contributed by atoms with Gasteiger partial charge in [-0.3, -0.25) is 24.0 Å². The fraction of sp³-hybridized carbons (Fsp3) is 0.350. The Balaban J connectivity index is 0.846. The first-order valence-corrected chi connectivity index (χ1v) is 18.4. The van der Waals surface area contributed by atoms with Crippen LogP contribution in [0.5, 0.6) is 5.75 Å². The maximum absolute atomic E-state index is 13.5. The Bertz CT molecular complexity index is 2030. The average molecular weight is 733 g/mol. The number of rotatable bonds is 15. The van der Waals surface area contributed by atoms with Crippen LogP contribution in [0, 0.1) is 0 Å². The number of benzene rings is 3. The van der Waals surface area contributed by atoms with Crippen LogP contribution in [-0.4, -0.2) is 74.5 Å². The standard InChI is InChI=1S/C40H44N8O6/c41-33(18-31-19-42-24-44-31)39(52)43-15-3-1-2-4-37(50)47-21-28-9-11-30(16-29(28)22-47)45-38(51)26-7-5-25(6-8-26)20-48(32-12-13-32)40(53)27-10-14-34-35(17-27)54-23-36(49)46-34/h5-11,14,16-17,19,24,32-33H,1-4,12-13,15,18,20-23,41H2,(H,42,44)(H,43,52)(H,45,51)(H,46,49)/t33-/m0/s1. The second-order valence-electron chi connectivity index (χ2n) is 14.1. The number of ether oxygens (including phenoxy) is 1. The van der Waals surface area contributed by atoms with E-state index in [1.54, 1.807) is 42.9 Å². The van der Waals surface area contributed by atoms with E-state index in [9.17, 15) is 24.0 Å². The number of fused-ring (bicyclic) bond motifs is 2. The van der Waals surface area contributed by atoms with Crippen molar-refractivity contribution in [2.45, 2.75) is 76.7 Å². The van der Waals surface area contributed by atoms with Gasteiger partial charge in [0.05, 0.1) is 18.1 Å². The lowest BCUT2D eigenvalue weighted by Gasteiger charge is -2.24. The predicted molar refractivity (Wildman–Crippen MR) is 200 cm³/mol. The van der Waals surface area contributed by atoms with Crippen LogP contribution in [0.25, 0.3) is 0 Å². The molecule has 5 amide bonds. The van der Waals surface area contributed by atoms with Crippen molar-refractivity contribution in [1.82, 2.24) is 25.1 Å². The monoisotopic (exact) mass is 732 g/mol. The molecule has 14 nitrogen and oxygen atoms in total. The van der Waals surface area contributed by atoms with Gasteiger partial charge in [-0.05, 0) is 84.8 Å². The molecule has 7 rings (SSSR count). The Hall–Kier alpha value is -6.02. The van der Waals surface area contributed by atoms with E-state index in [4.69, 9.17) is 10.5 Å². The molecule has 2 aliphatic heterocycles. The molecule has 1 aromatic heterocycles. The van der Waals surface area contributed by atoms with Gasteiger partial charge >= 0.3 is 0 Å². The number of nitrogens with two attached hydrogens (primary N) is 1. The lowest BCUT2D eigenvalue weighted by Crippen LogP contribution is -2.42. The number of nitrogens with one attached hydrogen (secondary N) is 4. The van der Waals surface area contributed by atoms with E-state index >= 15 is 0 Å². The molecule has 1 aliphatic carbocycles. The normalized spacial score (nSPS) is 15.0. The molecule has 0 spiro atoms. The van der Waals surface area contributed by atoms with Gasteiger partial charge in [0, 0.05) is 73.8 Å². The zero-order valence-corrected chi connectivity index (χ0v) is 29.9. The predicted octanol–water partition coefficient (Wildman–Crippen LogP) is 3.89. The Morgan fingerprint density at radius 3 is 2.54 bits per heavy atom. The molecule has 0 saturated heterocycles. The van der Waals surface area contributed by atoms with E-state index in [1.165, 1.54) is 0 Å². The van der Waals surface area contributed by atoms with Crippen LogP contribution >= 0.6 is 0 Å². The summed E-state index contributed by atoms with van der Waals surface area (Å²) in [6.07, 6.45) is 8.19. The summed E-state index contributed by atoms with van der Waals surface area (Å²) in [5, 5.41) is 8.59. The molecule has 4 aromatic rings. The van der Waals surface area contributed by atoms with Gasteiger partial charge in [-0.2, -0.15) is 0 Å². The first-order chi connectivity index (χ1) is 26.2. The van der Waals surface area contributed by atoms with Crippen molar-refractivity contribution in [3.05, 3.63) is 107 Å².